The van der Waals surface area contributed by atoms with Crippen molar-refractivity contribution in [1.29, 1.82) is 0 Å². The first-order valence-corrected chi connectivity index (χ1v) is 8.95. The van der Waals surface area contributed by atoms with Crippen LogP contribution in [0.15, 0.2) is 0 Å². The van der Waals surface area contributed by atoms with E-state index in [1.807, 2.05) is 0 Å². The van der Waals surface area contributed by atoms with E-state index in [1.165, 1.54) is 70.6 Å². The molecule has 20 heavy (non-hydrogen) atoms. The van der Waals surface area contributed by atoms with Crippen LogP contribution in [-0.2, 0) is 4.79 Å². The third kappa shape index (κ3) is 12.5. The fraction of sp³-hybridized carbons (Fsp3) is 0.944. The Kier molecular flexibility index (Phi) is 14.5. The van der Waals surface area contributed by atoms with Gasteiger partial charge >= 0.3 is 0 Å². The summed E-state index contributed by atoms with van der Waals surface area (Å²) in [6.45, 7) is 4.52. The molecule has 1 atom stereocenters. The molecule has 1 unspecified atom stereocenters. The van der Waals surface area contributed by atoms with E-state index in [9.17, 15) is 4.79 Å². The van der Waals surface area contributed by atoms with Crippen molar-refractivity contribution < 1.29 is 4.79 Å². The summed E-state index contributed by atoms with van der Waals surface area (Å²) in [5.74, 6) is 0.973. The SMILES string of the molecule is CCCCCCCC(CCCCCC)CCC(=O)NC. The lowest BCUT2D eigenvalue weighted by molar-refractivity contribution is -0.120. The zero-order valence-corrected chi connectivity index (χ0v) is 14.2. The van der Waals surface area contributed by atoms with Crippen LogP contribution in [-0.4, -0.2) is 13.0 Å². The van der Waals surface area contributed by atoms with Gasteiger partial charge in [0.05, 0.1) is 0 Å². The van der Waals surface area contributed by atoms with Gasteiger partial charge in [-0.2, -0.15) is 0 Å². The van der Waals surface area contributed by atoms with Crippen LogP contribution in [0.2, 0.25) is 0 Å². The molecule has 2 heteroatoms. The fourth-order valence-corrected chi connectivity index (χ4v) is 2.79. The maximum absolute atomic E-state index is 11.4. The molecule has 0 heterocycles. The molecule has 0 aromatic carbocycles. The largest absolute Gasteiger partial charge is 0.359 e. The minimum atomic E-state index is 0.203. The van der Waals surface area contributed by atoms with Gasteiger partial charge in [-0.3, -0.25) is 4.79 Å². The molecule has 0 bridgehead atoms. The molecule has 0 saturated carbocycles. The molecule has 0 aliphatic rings. The highest BCUT2D eigenvalue weighted by Gasteiger charge is 2.10. The molecule has 0 aliphatic carbocycles. The lowest BCUT2D eigenvalue weighted by atomic mass is 9.90. The predicted molar refractivity (Wildman–Crippen MR) is 88.9 cm³/mol. The molecule has 0 rings (SSSR count). The van der Waals surface area contributed by atoms with Crippen molar-refractivity contribution in [1.82, 2.24) is 5.32 Å². The summed E-state index contributed by atoms with van der Waals surface area (Å²) < 4.78 is 0. The third-order valence-electron chi connectivity index (χ3n) is 4.24. The van der Waals surface area contributed by atoms with Crippen molar-refractivity contribution in [2.45, 2.75) is 97.3 Å². The van der Waals surface area contributed by atoms with Crippen LogP contribution in [0.5, 0.6) is 0 Å². The average Bonchev–Trinajstić information content (AvgIpc) is 2.47. The first-order chi connectivity index (χ1) is 9.74. The maximum Gasteiger partial charge on any atom is 0.219 e. The number of carbonyl (C=O) groups excluding carboxylic acids is 1. The van der Waals surface area contributed by atoms with Crippen LogP contribution < -0.4 is 5.32 Å². The summed E-state index contributed by atoms with van der Waals surface area (Å²) >= 11 is 0. The van der Waals surface area contributed by atoms with Gasteiger partial charge in [0.25, 0.3) is 0 Å². The normalized spacial score (nSPS) is 12.3. The van der Waals surface area contributed by atoms with Gasteiger partial charge in [-0.1, -0.05) is 84.5 Å². The Morgan fingerprint density at radius 1 is 0.800 bits per heavy atom. The van der Waals surface area contributed by atoms with E-state index in [1.54, 1.807) is 7.05 Å². The maximum atomic E-state index is 11.4. The molecular formula is C18H37NO. The molecule has 1 N–H and O–H groups in total. The Morgan fingerprint density at radius 3 is 1.80 bits per heavy atom. The molecular weight excluding hydrogens is 246 g/mol. The molecule has 0 fully saturated rings. The van der Waals surface area contributed by atoms with Crippen molar-refractivity contribution in [2.24, 2.45) is 5.92 Å². The smallest absolute Gasteiger partial charge is 0.219 e. The van der Waals surface area contributed by atoms with Crippen molar-refractivity contribution in [3.8, 4) is 0 Å². The van der Waals surface area contributed by atoms with E-state index in [4.69, 9.17) is 0 Å². The first-order valence-electron chi connectivity index (χ1n) is 8.95. The molecule has 1 amide bonds. The number of carbonyl (C=O) groups is 1. The molecule has 2 nitrogen and oxygen atoms in total. The fourth-order valence-electron chi connectivity index (χ4n) is 2.79. The molecule has 0 spiro atoms. The standard InChI is InChI=1S/C18H37NO/c1-4-6-8-10-12-14-17(13-11-9-7-5-2)15-16-18(20)19-3/h17H,4-16H2,1-3H3,(H,19,20). The van der Waals surface area contributed by atoms with Gasteiger partial charge in [0.15, 0.2) is 0 Å². The molecule has 0 saturated heterocycles. The molecule has 120 valence electrons. The van der Waals surface area contributed by atoms with Crippen LogP contribution in [0.1, 0.15) is 97.3 Å². The van der Waals surface area contributed by atoms with E-state index < -0.39 is 0 Å². The topological polar surface area (TPSA) is 29.1 Å². The number of hydrogen-bond acceptors (Lipinski definition) is 1. The van der Waals surface area contributed by atoms with Gasteiger partial charge in [0.1, 0.15) is 0 Å². The summed E-state index contributed by atoms with van der Waals surface area (Å²) in [6, 6.07) is 0. The minimum Gasteiger partial charge on any atom is -0.359 e. The second-order valence-electron chi connectivity index (χ2n) is 6.13. The van der Waals surface area contributed by atoms with Crippen molar-refractivity contribution in [2.75, 3.05) is 7.05 Å². The van der Waals surface area contributed by atoms with E-state index in [0.717, 1.165) is 12.3 Å². The summed E-state index contributed by atoms with van der Waals surface area (Å²) in [6.07, 6.45) is 16.6. The quantitative estimate of drug-likeness (QED) is 0.421. The Morgan fingerprint density at radius 2 is 1.30 bits per heavy atom. The molecule has 0 aromatic heterocycles. The van der Waals surface area contributed by atoms with Gasteiger partial charge in [0, 0.05) is 13.5 Å². The Bertz CT molecular complexity index is 215. The summed E-state index contributed by atoms with van der Waals surface area (Å²) in [5, 5.41) is 2.74. The molecule has 0 aliphatic heterocycles. The van der Waals surface area contributed by atoms with Gasteiger partial charge in [0.2, 0.25) is 5.91 Å². The molecule has 0 radical (unpaired) electrons. The number of amides is 1. The summed E-state index contributed by atoms with van der Waals surface area (Å²) in [7, 11) is 1.74. The highest BCUT2D eigenvalue weighted by molar-refractivity contribution is 5.75. The van der Waals surface area contributed by atoms with E-state index in [2.05, 4.69) is 19.2 Å². The Hall–Kier alpha value is -0.530. The lowest BCUT2D eigenvalue weighted by Gasteiger charge is -2.16. The second kappa shape index (κ2) is 14.9. The van der Waals surface area contributed by atoms with Gasteiger partial charge in [-0.05, 0) is 12.3 Å². The first kappa shape index (κ1) is 19.5. The minimum absolute atomic E-state index is 0.203. The number of unbranched alkanes of at least 4 members (excludes halogenated alkanes) is 7. The van der Waals surface area contributed by atoms with Crippen LogP contribution in [0.4, 0.5) is 0 Å². The van der Waals surface area contributed by atoms with Crippen molar-refractivity contribution >= 4 is 5.91 Å². The highest BCUT2D eigenvalue weighted by Crippen LogP contribution is 2.23. The van der Waals surface area contributed by atoms with Crippen LogP contribution >= 0.6 is 0 Å². The van der Waals surface area contributed by atoms with Gasteiger partial charge in [-0.25, -0.2) is 0 Å². The van der Waals surface area contributed by atoms with Crippen LogP contribution in [0.25, 0.3) is 0 Å². The second-order valence-corrected chi connectivity index (χ2v) is 6.13. The van der Waals surface area contributed by atoms with Crippen molar-refractivity contribution in [3.05, 3.63) is 0 Å². The number of hydrogen-bond donors (Lipinski definition) is 1. The highest BCUT2D eigenvalue weighted by atomic mass is 16.1. The predicted octanol–water partition coefficient (Wildman–Crippen LogP) is 5.46. The number of rotatable bonds is 14. The van der Waals surface area contributed by atoms with Crippen LogP contribution in [0, 0.1) is 5.92 Å². The summed E-state index contributed by atoms with van der Waals surface area (Å²) in [4.78, 5) is 11.4. The monoisotopic (exact) mass is 283 g/mol. The van der Waals surface area contributed by atoms with E-state index in [0.29, 0.717) is 6.42 Å². The third-order valence-corrected chi connectivity index (χ3v) is 4.24. The zero-order valence-electron chi connectivity index (χ0n) is 14.2. The number of nitrogens with one attached hydrogen (secondary N) is 1. The van der Waals surface area contributed by atoms with Crippen LogP contribution in [0.3, 0.4) is 0 Å². The van der Waals surface area contributed by atoms with Gasteiger partial charge < -0.3 is 5.32 Å². The average molecular weight is 283 g/mol. The Balaban J connectivity index is 3.81. The zero-order chi connectivity index (χ0) is 15.1. The van der Waals surface area contributed by atoms with E-state index in [-0.39, 0.29) is 5.91 Å². The lowest BCUT2D eigenvalue weighted by Crippen LogP contribution is -2.18. The summed E-state index contributed by atoms with van der Waals surface area (Å²) in [5.41, 5.74) is 0. The Labute approximate surface area is 127 Å². The molecule has 0 aromatic rings. The van der Waals surface area contributed by atoms with E-state index >= 15 is 0 Å². The van der Waals surface area contributed by atoms with Gasteiger partial charge in [-0.15, -0.1) is 0 Å². The van der Waals surface area contributed by atoms with Crippen molar-refractivity contribution in [3.63, 3.8) is 0 Å².